The fraction of sp³-hybridized carbons (Fsp3) is 0.182. The van der Waals surface area contributed by atoms with Crippen molar-refractivity contribution in [3.63, 3.8) is 0 Å². The van der Waals surface area contributed by atoms with Gasteiger partial charge in [-0.25, -0.2) is 0 Å². The third kappa shape index (κ3) is 1.40. The summed E-state index contributed by atoms with van der Waals surface area (Å²) >= 11 is 1.64. The largest absolute Gasteiger partial charge is 0.364 e. The van der Waals surface area contributed by atoms with Gasteiger partial charge >= 0.3 is 0 Å². The lowest BCUT2D eigenvalue weighted by atomic mass is 10.0. The summed E-state index contributed by atoms with van der Waals surface area (Å²) in [6, 6.07) is 2.03. The predicted molar refractivity (Wildman–Crippen MR) is 58.8 cm³/mol. The van der Waals surface area contributed by atoms with E-state index in [-0.39, 0.29) is 5.78 Å². The van der Waals surface area contributed by atoms with Gasteiger partial charge in [-0.15, -0.1) is 0 Å². The summed E-state index contributed by atoms with van der Waals surface area (Å²) in [6.45, 7) is 3.53. The highest BCUT2D eigenvalue weighted by molar-refractivity contribution is 7.08. The third-order valence-corrected chi connectivity index (χ3v) is 2.94. The number of carbonyl (C=O) groups is 1. The van der Waals surface area contributed by atoms with Crippen molar-refractivity contribution < 1.29 is 4.79 Å². The van der Waals surface area contributed by atoms with Crippen molar-refractivity contribution in [1.82, 2.24) is 4.98 Å². The van der Waals surface area contributed by atoms with E-state index in [0.29, 0.717) is 0 Å². The molecule has 2 aromatic rings. The molecular weight excluding hydrogens is 194 g/mol. The van der Waals surface area contributed by atoms with Gasteiger partial charge in [0, 0.05) is 23.0 Å². The minimum atomic E-state index is 0.116. The fourth-order valence-electron chi connectivity index (χ4n) is 1.63. The first kappa shape index (κ1) is 9.21. The number of nitrogens with one attached hydrogen (secondary N) is 1. The van der Waals surface area contributed by atoms with Gasteiger partial charge in [-0.1, -0.05) is 0 Å². The Bertz CT molecular complexity index is 454. The number of aromatic nitrogens is 1. The van der Waals surface area contributed by atoms with Crippen LogP contribution in [0, 0.1) is 6.92 Å². The van der Waals surface area contributed by atoms with Crippen molar-refractivity contribution in [3.8, 4) is 11.1 Å². The van der Waals surface area contributed by atoms with Gasteiger partial charge in [0.1, 0.15) is 0 Å². The molecular formula is C11H11NOS. The Kier molecular flexibility index (Phi) is 2.25. The van der Waals surface area contributed by atoms with Crippen LogP contribution in [0.15, 0.2) is 23.0 Å². The standard InChI is InChI=1S/C11H11NOS/c1-7-11(8(2)13)10(5-12-7)9-3-4-14-6-9/h3-6,12H,1-2H3. The van der Waals surface area contributed by atoms with Crippen molar-refractivity contribution >= 4 is 17.1 Å². The van der Waals surface area contributed by atoms with Gasteiger partial charge in [0.25, 0.3) is 0 Å². The lowest BCUT2D eigenvalue weighted by molar-refractivity contribution is 0.101. The van der Waals surface area contributed by atoms with Crippen LogP contribution in [0.25, 0.3) is 11.1 Å². The smallest absolute Gasteiger partial charge is 0.162 e. The molecule has 2 heterocycles. The number of hydrogen-bond donors (Lipinski definition) is 1. The number of Topliss-reactive ketones (excluding diaryl/α,β-unsaturated/α-hetero) is 1. The first-order chi connectivity index (χ1) is 6.70. The normalized spacial score (nSPS) is 10.4. The summed E-state index contributed by atoms with van der Waals surface area (Å²) in [6.07, 6.45) is 1.90. The maximum absolute atomic E-state index is 11.4. The van der Waals surface area contributed by atoms with Crippen LogP contribution in [0.3, 0.4) is 0 Å². The van der Waals surface area contributed by atoms with Crippen LogP contribution in [0.5, 0.6) is 0 Å². The molecule has 3 heteroatoms. The average Bonchev–Trinajstić information content (AvgIpc) is 2.70. The average molecular weight is 205 g/mol. The van der Waals surface area contributed by atoms with Gasteiger partial charge in [-0.05, 0) is 36.2 Å². The van der Waals surface area contributed by atoms with E-state index in [1.165, 1.54) is 0 Å². The predicted octanol–water partition coefficient (Wildman–Crippen LogP) is 3.25. The second-order valence-corrected chi connectivity index (χ2v) is 4.05. The zero-order valence-electron chi connectivity index (χ0n) is 8.13. The second kappa shape index (κ2) is 3.42. The number of rotatable bonds is 2. The molecule has 72 valence electrons. The number of carbonyl (C=O) groups excluding carboxylic acids is 1. The molecule has 0 saturated carbocycles. The Hall–Kier alpha value is -1.35. The Labute approximate surface area is 86.6 Å². The van der Waals surface area contributed by atoms with E-state index in [2.05, 4.69) is 10.4 Å². The molecule has 0 unspecified atom stereocenters. The van der Waals surface area contributed by atoms with Crippen molar-refractivity contribution in [3.05, 3.63) is 34.3 Å². The van der Waals surface area contributed by atoms with E-state index in [1.54, 1.807) is 18.3 Å². The van der Waals surface area contributed by atoms with E-state index in [9.17, 15) is 4.79 Å². The summed E-state index contributed by atoms with van der Waals surface area (Å²) in [4.78, 5) is 14.5. The molecule has 0 bridgehead atoms. The molecule has 0 fully saturated rings. The highest BCUT2D eigenvalue weighted by atomic mass is 32.1. The second-order valence-electron chi connectivity index (χ2n) is 3.27. The van der Waals surface area contributed by atoms with Crippen LogP contribution in [0.1, 0.15) is 23.0 Å². The Balaban J connectivity index is 2.60. The number of aryl methyl sites for hydroxylation is 1. The maximum Gasteiger partial charge on any atom is 0.162 e. The molecule has 0 spiro atoms. The van der Waals surface area contributed by atoms with Gasteiger partial charge in [0.2, 0.25) is 0 Å². The molecule has 14 heavy (non-hydrogen) atoms. The van der Waals surface area contributed by atoms with E-state index < -0.39 is 0 Å². The number of ketones is 1. The first-order valence-corrected chi connectivity index (χ1v) is 5.36. The zero-order chi connectivity index (χ0) is 10.1. The van der Waals surface area contributed by atoms with Gasteiger partial charge < -0.3 is 4.98 Å². The molecule has 2 rings (SSSR count). The van der Waals surface area contributed by atoms with Gasteiger partial charge in [0.05, 0.1) is 0 Å². The number of thiophene rings is 1. The Morgan fingerprint density at radius 2 is 2.29 bits per heavy atom. The van der Waals surface area contributed by atoms with Crippen LogP contribution in [0.2, 0.25) is 0 Å². The van der Waals surface area contributed by atoms with Gasteiger partial charge in [-0.2, -0.15) is 11.3 Å². The van der Waals surface area contributed by atoms with E-state index in [4.69, 9.17) is 0 Å². The Morgan fingerprint density at radius 1 is 1.50 bits per heavy atom. The molecule has 0 aliphatic heterocycles. The van der Waals surface area contributed by atoms with Gasteiger partial charge in [0.15, 0.2) is 5.78 Å². The van der Waals surface area contributed by atoms with Crippen LogP contribution in [-0.4, -0.2) is 10.8 Å². The summed E-state index contributed by atoms with van der Waals surface area (Å²) in [7, 11) is 0. The topological polar surface area (TPSA) is 32.9 Å². The minimum Gasteiger partial charge on any atom is -0.364 e. The zero-order valence-corrected chi connectivity index (χ0v) is 8.94. The minimum absolute atomic E-state index is 0.116. The molecule has 0 amide bonds. The van der Waals surface area contributed by atoms with E-state index >= 15 is 0 Å². The summed E-state index contributed by atoms with van der Waals surface area (Å²) in [5.74, 6) is 0.116. The molecule has 0 saturated heterocycles. The lowest BCUT2D eigenvalue weighted by Crippen LogP contribution is -1.94. The highest BCUT2D eigenvalue weighted by Crippen LogP contribution is 2.28. The van der Waals surface area contributed by atoms with Crippen molar-refractivity contribution in [2.24, 2.45) is 0 Å². The van der Waals surface area contributed by atoms with E-state index in [1.807, 2.05) is 24.6 Å². The highest BCUT2D eigenvalue weighted by Gasteiger charge is 2.13. The van der Waals surface area contributed by atoms with Crippen molar-refractivity contribution in [2.45, 2.75) is 13.8 Å². The third-order valence-electron chi connectivity index (χ3n) is 2.26. The van der Waals surface area contributed by atoms with Crippen molar-refractivity contribution in [1.29, 1.82) is 0 Å². The molecule has 0 radical (unpaired) electrons. The molecule has 2 aromatic heterocycles. The molecule has 1 N–H and O–H groups in total. The van der Waals surface area contributed by atoms with Crippen LogP contribution in [0.4, 0.5) is 0 Å². The van der Waals surface area contributed by atoms with E-state index in [0.717, 1.165) is 22.4 Å². The van der Waals surface area contributed by atoms with Crippen LogP contribution < -0.4 is 0 Å². The molecule has 0 aromatic carbocycles. The quantitative estimate of drug-likeness (QED) is 0.750. The number of hydrogen-bond acceptors (Lipinski definition) is 2. The van der Waals surface area contributed by atoms with Gasteiger partial charge in [-0.3, -0.25) is 4.79 Å². The monoisotopic (exact) mass is 205 g/mol. The van der Waals surface area contributed by atoms with Crippen molar-refractivity contribution in [2.75, 3.05) is 0 Å². The summed E-state index contributed by atoms with van der Waals surface area (Å²) in [5.41, 5.74) is 3.88. The molecule has 0 aliphatic carbocycles. The molecule has 2 nitrogen and oxygen atoms in total. The number of H-pyrrole nitrogens is 1. The fourth-order valence-corrected chi connectivity index (χ4v) is 2.28. The molecule has 0 aliphatic rings. The first-order valence-electron chi connectivity index (χ1n) is 4.41. The van der Waals surface area contributed by atoms with Crippen LogP contribution >= 0.6 is 11.3 Å². The summed E-state index contributed by atoms with van der Waals surface area (Å²) < 4.78 is 0. The lowest BCUT2D eigenvalue weighted by Gasteiger charge is -1.98. The Morgan fingerprint density at radius 3 is 2.86 bits per heavy atom. The maximum atomic E-state index is 11.4. The van der Waals surface area contributed by atoms with Crippen LogP contribution in [-0.2, 0) is 0 Å². The number of aromatic amines is 1. The SMILES string of the molecule is CC(=O)c1c(-c2ccsc2)c[nH]c1C. The molecule has 0 atom stereocenters. The summed E-state index contributed by atoms with van der Waals surface area (Å²) in [5, 5.41) is 4.07.